The number of hydrogen-bond donors (Lipinski definition) is 2. The zero-order valence-corrected chi connectivity index (χ0v) is 15.9. The van der Waals surface area contributed by atoms with Crippen molar-refractivity contribution in [3.8, 4) is 0 Å². The molecule has 7 nitrogen and oxygen atoms in total. The molecule has 1 amide bonds. The van der Waals surface area contributed by atoms with Gasteiger partial charge in [0.1, 0.15) is 5.82 Å². The number of anilines is 1. The Morgan fingerprint density at radius 2 is 1.96 bits per heavy atom. The Morgan fingerprint density at radius 1 is 1.18 bits per heavy atom. The summed E-state index contributed by atoms with van der Waals surface area (Å²) < 4.78 is 25.4. The Bertz CT molecular complexity index is 1100. The van der Waals surface area contributed by atoms with Crippen LogP contribution in [0.2, 0.25) is 0 Å². The van der Waals surface area contributed by atoms with Gasteiger partial charge in [0.2, 0.25) is 15.9 Å². The molecule has 3 aromatic rings. The molecule has 2 heterocycles. The van der Waals surface area contributed by atoms with Crippen LogP contribution in [-0.4, -0.2) is 36.6 Å². The average Bonchev–Trinajstić information content (AvgIpc) is 3.27. The minimum atomic E-state index is -3.18. The van der Waals surface area contributed by atoms with E-state index in [4.69, 9.17) is 0 Å². The third-order valence-electron chi connectivity index (χ3n) is 4.58. The van der Waals surface area contributed by atoms with Gasteiger partial charge in [-0.05, 0) is 42.3 Å². The molecule has 4 rings (SSSR count). The number of nitrogens with one attached hydrogen (secondary N) is 2. The maximum absolute atomic E-state index is 12.0. The van der Waals surface area contributed by atoms with Crippen molar-refractivity contribution in [2.24, 2.45) is 0 Å². The Hall–Kier alpha value is -3.13. The summed E-state index contributed by atoms with van der Waals surface area (Å²) >= 11 is 0. The van der Waals surface area contributed by atoms with E-state index in [1.165, 1.54) is 10.4 Å². The van der Waals surface area contributed by atoms with Crippen LogP contribution in [0.25, 0.3) is 17.1 Å². The first kappa shape index (κ1) is 18.2. The number of rotatable bonds is 5. The van der Waals surface area contributed by atoms with Gasteiger partial charge in [-0.15, -0.1) is 0 Å². The van der Waals surface area contributed by atoms with Gasteiger partial charge >= 0.3 is 0 Å². The molecule has 1 aliphatic heterocycles. The number of imidazole rings is 1. The van der Waals surface area contributed by atoms with Crippen molar-refractivity contribution in [2.75, 3.05) is 16.6 Å². The van der Waals surface area contributed by atoms with E-state index in [9.17, 15) is 13.2 Å². The first-order chi connectivity index (χ1) is 13.5. The van der Waals surface area contributed by atoms with Crippen LogP contribution in [0.4, 0.5) is 5.69 Å². The highest BCUT2D eigenvalue weighted by Gasteiger charge is 2.28. The predicted molar refractivity (Wildman–Crippen MR) is 109 cm³/mol. The minimum Gasteiger partial charge on any atom is -0.345 e. The lowest BCUT2D eigenvalue weighted by molar-refractivity contribution is -0.116. The van der Waals surface area contributed by atoms with E-state index in [0.29, 0.717) is 31.0 Å². The van der Waals surface area contributed by atoms with Crippen LogP contribution >= 0.6 is 0 Å². The molecule has 28 heavy (non-hydrogen) atoms. The summed E-state index contributed by atoms with van der Waals surface area (Å²) in [5, 5.41) is 2.79. The molecule has 1 aliphatic rings. The number of H-pyrrole nitrogens is 1. The highest BCUT2D eigenvalue weighted by molar-refractivity contribution is 7.93. The monoisotopic (exact) mass is 396 g/mol. The molecular weight excluding hydrogens is 376 g/mol. The quantitative estimate of drug-likeness (QED) is 0.648. The maximum Gasteiger partial charge on any atom is 0.244 e. The molecule has 0 unspecified atom stereocenters. The molecule has 8 heteroatoms. The summed E-state index contributed by atoms with van der Waals surface area (Å²) in [6.45, 7) is 0.825. The summed E-state index contributed by atoms with van der Waals surface area (Å²) in [5.41, 5.74) is 3.27. The number of amides is 1. The second-order valence-corrected chi connectivity index (χ2v) is 8.60. The summed E-state index contributed by atoms with van der Waals surface area (Å²) in [6, 6.07) is 14.8. The lowest BCUT2D eigenvalue weighted by Gasteiger charge is -2.16. The lowest BCUT2D eigenvalue weighted by atomic mass is 10.2. The van der Waals surface area contributed by atoms with E-state index in [0.717, 1.165) is 16.6 Å². The van der Waals surface area contributed by atoms with Crippen molar-refractivity contribution >= 4 is 38.7 Å². The van der Waals surface area contributed by atoms with Crippen molar-refractivity contribution < 1.29 is 13.2 Å². The second kappa shape index (κ2) is 7.47. The van der Waals surface area contributed by atoms with E-state index in [1.807, 2.05) is 24.3 Å². The zero-order valence-electron chi connectivity index (χ0n) is 15.1. The van der Waals surface area contributed by atoms with Gasteiger partial charge in [-0.3, -0.25) is 9.10 Å². The number of fused-ring (bicyclic) bond motifs is 1. The van der Waals surface area contributed by atoms with E-state index >= 15 is 0 Å². The summed E-state index contributed by atoms with van der Waals surface area (Å²) in [6.07, 6.45) is 3.79. The smallest absolute Gasteiger partial charge is 0.244 e. The highest BCUT2D eigenvalue weighted by atomic mass is 32.2. The van der Waals surface area contributed by atoms with E-state index in [2.05, 4.69) is 15.3 Å². The van der Waals surface area contributed by atoms with Crippen LogP contribution in [0.3, 0.4) is 0 Å². The second-order valence-electron chi connectivity index (χ2n) is 6.59. The number of aromatic amines is 1. The van der Waals surface area contributed by atoms with Crippen molar-refractivity contribution in [3.63, 3.8) is 0 Å². The number of benzene rings is 2. The van der Waals surface area contributed by atoms with Gasteiger partial charge < -0.3 is 10.3 Å². The molecule has 0 saturated carbocycles. The molecule has 0 spiro atoms. The first-order valence-electron chi connectivity index (χ1n) is 9.01. The van der Waals surface area contributed by atoms with Gasteiger partial charge in [0.25, 0.3) is 0 Å². The number of carbonyl (C=O) groups excluding carboxylic acids is 1. The third-order valence-corrected chi connectivity index (χ3v) is 6.45. The van der Waals surface area contributed by atoms with Crippen LogP contribution in [0.1, 0.15) is 17.8 Å². The molecule has 0 radical (unpaired) electrons. The Morgan fingerprint density at radius 3 is 2.68 bits per heavy atom. The Labute approximate surface area is 163 Å². The van der Waals surface area contributed by atoms with Crippen molar-refractivity contribution in [3.05, 3.63) is 66.0 Å². The molecular formula is C20H20N4O3S. The van der Waals surface area contributed by atoms with E-state index in [-0.39, 0.29) is 11.7 Å². The largest absolute Gasteiger partial charge is 0.345 e. The fourth-order valence-corrected chi connectivity index (χ4v) is 4.74. The molecule has 1 aromatic heterocycles. The van der Waals surface area contributed by atoms with Crippen LogP contribution in [-0.2, 0) is 21.4 Å². The highest BCUT2D eigenvalue weighted by Crippen LogP contribution is 2.24. The fraction of sp³-hybridized carbons (Fsp3) is 0.200. The van der Waals surface area contributed by atoms with Crippen LogP contribution in [0.5, 0.6) is 0 Å². The number of sulfonamides is 1. The Kier molecular flexibility index (Phi) is 4.87. The predicted octanol–water partition coefficient (Wildman–Crippen LogP) is 2.43. The molecule has 1 saturated heterocycles. The molecule has 0 bridgehead atoms. The van der Waals surface area contributed by atoms with Gasteiger partial charge in [-0.1, -0.05) is 24.3 Å². The van der Waals surface area contributed by atoms with Crippen molar-refractivity contribution in [1.29, 1.82) is 0 Å². The Balaban J connectivity index is 1.35. The molecule has 2 aromatic carbocycles. The normalized spacial score (nSPS) is 16.1. The summed E-state index contributed by atoms with van der Waals surface area (Å²) in [4.78, 5) is 19.6. The number of nitrogens with zero attached hydrogens (tertiary/aromatic N) is 2. The number of aromatic nitrogens is 2. The lowest BCUT2D eigenvalue weighted by Crippen LogP contribution is -2.24. The van der Waals surface area contributed by atoms with E-state index in [1.54, 1.807) is 30.3 Å². The van der Waals surface area contributed by atoms with Crippen LogP contribution in [0.15, 0.2) is 54.6 Å². The first-order valence-corrected chi connectivity index (χ1v) is 10.6. The molecule has 2 N–H and O–H groups in total. The molecule has 0 atom stereocenters. The molecule has 1 fully saturated rings. The molecule has 144 valence electrons. The van der Waals surface area contributed by atoms with Crippen LogP contribution in [0, 0.1) is 0 Å². The van der Waals surface area contributed by atoms with Crippen LogP contribution < -0.4 is 9.62 Å². The molecule has 0 aliphatic carbocycles. The summed E-state index contributed by atoms with van der Waals surface area (Å²) in [5.74, 6) is 0.658. The van der Waals surface area contributed by atoms with Gasteiger partial charge in [0, 0.05) is 12.6 Å². The minimum absolute atomic E-state index is 0.194. The van der Waals surface area contributed by atoms with Gasteiger partial charge in [-0.25, -0.2) is 13.4 Å². The summed E-state index contributed by atoms with van der Waals surface area (Å²) in [7, 11) is -3.18. The maximum atomic E-state index is 12.0. The van der Waals surface area contributed by atoms with Gasteiger partial charge in [0.15, 0.2) is 0 Å². The fourth-order valence-electron chi connectivity index (χ4n) is 3.17. The number of carbonyl (C=O) groups is 1. The average molecular weight is 396 g/mol. The third kappa shape index (κ3) is 3.91. The zero-order chi connectivity index (χ0) is 19.6. The van der Waals surface area contributed by atoms with Crippen molar-refractivity contribution in [2.45, 2.75) is 13.0 Å². The topological polar surface area (TPSA) is 95.2 Å². The van der Waals surface area contributed by atoms with Crippen molar-refractivity contribution in [1.82, 2.24) is 15.3 Å². The van der Waals surface area contributed by atoms with Gasteiger partial charge in [0.05, 0.1) is 29.0 Å². The van der Waals surface area contributed by atoms with E-state index < -0.39 is 10.0 Å². The standard InChI is InChI=1S/C20H20N4O3S/c25-20(21-14-19-22-17-4-1-2-5-18(17)23-19)11-8-15-6-9-16(10-7-15)24-12-3-13-28(24,26)27/h1-2,4-11H,3,12-14H2,(H,21,25)(H,22,23)/b11-8+. The van der Waals surface area contributed by atoms with Gasteiger partial charge in [-0.2, -0.15) is 0 Å². The SMILES string of the molecule is O=C(/C=C/c1ccc(N2CCCS2(=O)=O)cc1)NCc1nc2ccccc2[nH]1. The number of hydrogen-bond acceptors (Lipinski definition) is 4. The number of para-hydroxylation sites is 2.